The third kappa shape index (κ3) is 4.22. The van der Waals surface area contributed by atoms with Gasteiger partial charge in [0.25, 0.3) is 11.8 Å². The van der Waals surface area contributed by atoms with Crippen LogP contribution in [0.2, 0.25) is 0 Å². The van der Waals surface area contributed by atoms with Crippen LogP contribution in [0.15, 0.2) is 42.5 Å². The molecule has 3 rings (SSSR count). The molecule has 2 amide bonds. The number of H-pyrrole nitrogens is 1. The SMILES string of the molecule is COc1cc(C(=O)NNC(=O)c2cc3cc(F)ccc3[nH]2)ccc1OC(C)C. The van der Waals surface area contributed by atoms with Crippen molar-refractivity contribution in [1.29, 1.82) is 0 Å². The molecule has 1 heterocycles. The third-order valence-electron chi connectivity index (χ3n) is 3.91. The molecule has 0 fully saturated rings. The second kappa shape index (κ2) is 7.99. The van der Waals surface area contributed by atoms with E-state index in [1.165, 1.54) is 37.4 Å². The minimum Gasteiger partial charge on any atom is -0.493 e. The summed E-state index contributed by atoms with van der Waals surface area (Å²) in [6.45, 7) is 3.77. The Kier molecular flexibility index (Phi) is 5.49. The molecule has 146 valence electrons. The van der Waals surface area contributed by atoms with E-state index in [0.29, 0.717) is 22.4 Å². The lowest BCUT2D eigenvalue weighted by Crippen LogP contribution is -2.41. The standard InChI is InChI=1S/C20H20FN3O4/c1-11(2)28-17-7-4-12(10-18(17)27-3)19(25)23-24-20(26)16-9-13-8-14(21)5-6-15(13)22-16/h4-11,22H,1-3H3,(H,23,25)(H,24,26). The zero-order chi connectivity index (χ0) is 20.3. The number of hydrogen-bond donors (Lipinski definition) is 3. The Morgan fingerprint density at radius 2 is 1.75 bits per heavy atom. The number of hydrazine groups is 1. The Morgan fingerprint density at radius 3 is 2.46 bits per heavy atom. The smallest absolute Gasteiger partial charge is 0.286 e. The number of rotatable bonds is 5. The third-order valence-corrected chi connectivity index (χ3v) is 3.91. The Morgan fingerprint density at radius 1 is 1.00 bits per heavy atom. The molecule has 0 bridgehead atoms. The highest BCUT2D eigenvalue weighted by Crippen LogP contribution is 2.28. The number of carbonyl (C=O) groups excluding carboxylic acids is 2. The highest BCUT2D eigenvalue weighted by atomic mass is 19.1. The molecular formula is C20H20FN3O4. The van der Waals surface area contributed by atoms with Gasteiger partial charge in [0.2, 0.25) is 0 Å². The zero-order valence-corrected chi connectivity index (χ0v) is 15.6. The molecule has 0 aliphatic heterocycles. The lowest BCUT2D eigenvalue weighted by molar-refractivity contribution is 0.0844. The van der Waals surface area contributed by atoms with Crippen molar-refractivity contribution in [2.24, 2.45) is 0 Å². The van der Waals surface area contributed by atoms with Gasteiger partial charge >= 0.3 is 0 Å². The van der Waals surface area contributed by atoms with Crippen molar-refractivity contribution >= 4 is 22.7 Å². The van der Waals surface area contributed by atoms with Crippen molar-refractivity contribution in [2.75, 3.05) is 7.11 Å². The zero-order valence-electron chi connectivity index (χ0n) is 15.6. The van der Waals surface area contributed by atoms with E-state index in [2.05, 4.69) is 15.8 Å². The fourth-order valence-electron chi connectivity index (χ4n) is 2.64. The lowest BCUT2D eigenvalue weighted by Gasteiger charge is -2.14. The van der Waals surface area contributed by atoms with Gasteiger partial charge in [-0.25, -0.2) is 4.39 Å². The maximum Gasteiger partial charge on any atom is 0.286 e. The maximum absolute atomic E-state index is 13.3. The summed E-state index contributed by atoms with van der Waals surface area (Å²) in [4.78, 5) is 27.4. The highest BCUT2D eigenvalue weighted by molar-refractivity contribution is 6.01. The summed E-state index contributed by atoms with van der Waals surface area (Å²) in [7, 11) is 1.48. The molecule has 0 spiro atoms. The van der Waals surface area contributed by atoms with E-state index < -0.39 is 17.6 Å². The van der Waals surface area contributed by atoms with Crippen LogP contribution in [0.5, 0.6) is 11.5 Å². The molecule has 0 saturated heterocycles. The summed E-state index contributed by atoms with van der Waals surface area (Å²) >= 11 is 0. The van der Waals surface area contributed by atoms with E-state index in [1.54, 1.807) is 12.1 Å². The summed E-state index contributed by atoms with van der Waals surface area (Å²) in [5.41, 5.74) is 5.75. The first-order valence-electron chi connectivity index (χ1n) is 8.61. The molecule has 0 aliphatic rings. The van der Waals surface area contributed by atoms with E-state index in [0.717, 1.165) is 0 Å². The molecule has 7 nitrogen and oxygen atoms in total. The molecule has 0 radical (unpaired) electrons. The van der Waals surface area contributed by atoms with Gasteiger partial charge in [-0.3, -0.25) is 20.4 Å². The van der Waals surface area contributed by atoms with Crippen LogP contribution in [-0.4, -0.2) is 30.0 Å². The molecule has 28 heavy (non-hydrogen) atoms. The van der Waals surface area contributed by atoms with Crippen molar-refractivity contribution in [3.05, 3.63) is 59.5 Å². The van der Waals surface area contributed by atoms with Crippen LogP contribution < -0.4 is 20.3 Å². The number of ether oxygens (including phenoxy) is 2. The average molecular weight is 385 g/mol. The monoisotopic (exact) mass is 385 g/mol. The number of methoxy groups -OCH3 is 1. The number of aromatic nitrogens is 1. The Hall–Kier alpha value is -3.55. The van der Waals surface area contributed by atoms with Crippen LogP contribution in [0.25, 0.3) is 10.9 Å². The first kappa shape index (κ1) is 19.2. The van der Waals surface area contributed by atoms with Gasteiger partial charge < -0.3 is 14.5 Å². The summed E-state index contributed by atoms with van der Waals surface area (Å²) in [5.74, 6) is -0.555. The molecule has 2 aromatic carbocycles. The van der Waals surface area contributed by atoms with E-state index in [9.17, 15) is 14.0 Å². The summed E-state index contributed by atoms with van der Waals surface area (Å²) in [6, 6.07) is 10.4. The van der Waals surface area contributed by atoms with Crippen molar-refractivity contribution in [3.63, 3.8) is 0 Å². The highest BCUT2D eigenvalue weighted by Gasteiger charge is 2.14. The normalized spacial score (nSPS) is 10.8. The van der Waals surface area contributed by atoms with Gasteiger partial charge in [-0.2, -0.15) is 0 Å². The number of aromatic amines is 1. The van der Waals surface area contributed by atoms with E-state index >= 15 is 0 Å². The van der Waals surface area contributed by atoms with Gasteiger partial charge in [-0.05, 0) is 56.3 Å². The topological polar surface area (TPSA) is 92.5 Å². The van der Waals surface area contributed by atoms with Gasteiger partial charge in [0.1, 0.15) is 11.5 Å². The van der Waals surface area contributed by atoms with Crippen LogP contribution in [-0.2, 0) is 0 Å². The van der Waals surface area contributed by atoms with Crippen molar-refractivity contribution in [3.8, 4) is 11.5 Å². The lowest BCUT2D eigenvalue weighted by atomic mass is 10.2. The quantitative estimate of drug-likeness (QED) is 0.588. The minimum atomic E-state index is -0.559. The van der Waals surface area contributed by atoms with E-state index in [-0.39, 0.29) is 17.4 Å². The van der Waals surface area contributed by atoms with Gasteiger partial charge in [0, 0.05) is 16.5 Å². The predicted octanol–water partition coefficient (Wildman–Crippen LogP) is 3.18. The fraction of sp³-hybridized carbons (Fsp3) is 0.200. The van der Waals surface area contributed by atoms with E-state index in [1.807, 2.05) is 13.8 Å². The molecule has 1 aromatic heterocycles. The first-order chi connectivity index (χ1) is 13.4. The molecule has 0 aliphatic carbocycles. The van der Waals surface area contributed by atoms with Crippen molar-refractivity contribution < 1.29 is 23.5 Å². The number of amides is 2. The second-order valence-electron chi connectivity index (χ2n) is 6.36. The maximum atomic E-state index is 13.3. The molecular weight excluding hydrogens is 365 g/mol. The van der Waals surface area contributed by atoms with Gasteiger partial charge in [0.15, 0.2) is 11.5 Å². The molecule has 0 unspecified atom stereocenters. The van der Waals surface area contributed by atoms with Crippen molar-refractivity contribution in [2.45, 2.75) is 20.0 Å². The van der Waals surface area contributed by atoms with E-state index in [4.69, 9.17) is 9.47 Å². The second-order valence-corrected chi connectivity index (χ2v) is 6.36. The number of halogens is 1. The van der Waals surface area contributed by atoms with Crippen LogP contribution in [0.4, 0.5) is 4.39 Å². The minimum absolute atomic E-state index is 0.0438. The van der Waals surface area contributed by atoms with Gasteiger partial charge in [0.05, 0.1) is 13.2 Å². The fourth-order valence-corrected chi connectivity index (χ4v) is 2.64. The van der Waals surface area contributed by atoms with Crippen LogP contribution in [0.3, 0.4) is 0 Å². The Labute approximate surface area is 160 Å². The summed E-state index contributed by atoms with van der Waals surface area (Å²) in [5, 5.41) is 0.557. The van der Waals surface area contributed by atoms with Crippen LogP contribution >= 0.6 is 0 Å². The average Bonchev–Trinajstić information content (AvgIpc) is 3.08. The van der Waals surface area contributed by atoms with Crippen LogP contribution in [0, 0.1) is 5.82 Å². The first-order valence-corrected chi connectivity index (χ1v) is 8.61. The Bertz CT molecular complexity index is 1030. The summed E-state index contributed by atoms with van der Waals surface area (Å²) < 4.78 is 24.1. The molecule has 8 heteroatoms. The number of benzene rings is 2. The van der Waals surface area contributed by atoms with Crippen molar-refractivity contribution in [1.82, 2.24) is 15.8 Å². The van der Waals surface area contributed by atoms with Gasteiger partial charge in [-0.15, -0.1) is 0 Å². The predicted molar refractivity (Wildman–Crippen MR) is 102 cm³/mol. The number of nitrogens with one attached hydrogen (secondary N) is 3. The number of fused-ring (bicyclic) bond motifs is 1. The number of hydrogen-bond acceptors (Lipinski definition) is 4. The Balaban J connectivity index is 1.68. The molecule has 3 N–H and O–H groups in total. The summed E-state index contributed by atoms with van der Waals surface area (Å²) in [6.07, 6.45) is -0.0438. The largest absolute Gasteiger partial charge is 0.493 e. The molecule has 3 aromatic rings. The van der Waals surface area contributed by atoms with Crippen LogP contribution in [0.1, 0.15) is 34.7 Å². The van der Waals surface area contributed by atoms with Gasteiger partial charge in [-0.1, -0.05) is 0 Å². The molecule has 0 atom stereocenters. The number of carbonyl (C=O) groups is 2. The molecule has 0 saturated carbocycles.